The zero-order valence-electron chi connectivity index (χ0n) is 19.5. The van der Waals surface area contributed by atoms with Crippen molar-refractivity contribution in [3.8, 4) is 11.5 Å². The summed E-state index contributed by atoms with van der Waals surface area (Å²) in [6.07, 6.45) is 0. The number of halogens is 1. The van der Waals surface area contributed by atoms with Gasteiger partial charge in [0.1, 0.15) is 5.82 Å². The molecule has 3 heterocycles. The third-order valence-corrected chi connectivity index (χ3v) is 6.88. The molecule has 0 fully saturated rings. The lowest BCUT2D eigenvalue weighted by molar-refractivity contribution is -0.138. The fourth-order valence-corrected chi connectivity index (χ4v) is 5.34. The number of rotatable bonds is 5. The van der Waals surface area contributed by atoms with Gasteiger partial charge in [-0.1, -0.05) is 17.7 Å². The third kappa shape index (κ3) is 3.18. The fraction of sp³-hybridized carbons (Fsp3) is 0.308. The molecule has 34 heavy (non-hydrogen) atoms. The van der Waals surface area contributed by atoms with E-state index in [0.717, 1.165) is 22.6 Å². The molecule has 2 aromatic carbocycles. The molecule has 2 aliphatic heterocycles. The summed E-state index contributed by atoms with van der Waals surface area (Å²) in [6.45, 7) is 5.24. The van der Waals surface area contributed by atoms with Gasteiger partial charge in [0, 0.05) is 29.2 Å². The highest BCUT2D eigenvalue weighted by Gasteiger charge is 2.42. The number of esters is 1. The molecule has 0 aliphatic carbocycles. The maximum absolute atomic E-state index is 14.0. The number of hydrogen-bond donors (Lipinski definition) is 0. The van der Waals surface area contributed by atoms with E-state index in [4.69, 9.17) is 25.8 Å². The van der Waals surface area contributed by atoms with E-state index >= 15 is 0 Å². The van der Waals surface area contributed by atoms with Crippen molar-refractivity contribution in [3.63, 3.8) is 0 Å². The molecule has 5 rings (SSSR count). The van der Waals surface area contributed by atoms with Crippen molar-refractivity contribution >= 4 is 34.3 Å². The van der Waals surface area contributed by atoms with Crippen molar-refractivity contribution in [1.82, 2.24) is 4.57 Å². The first kappa shape index (κ1) is 22.3. The molecule has 7 nitrogen and oxygen atoms in total. The number of allylic oxidation sites excluding steroid dienone is 1. The number of pyridine rings is 1. The summed E-state index contributed by atoms with van der Waals surface area (Å²) < 4.78 is 18.5. The Hall–Kier alpha value is -3.45. The molecule has 0 spiro atoms. The van der Waals surface area contributed by atoms with Crippen molar-refractivity contribution in [2.24, 2.45) is 0 Å². The second kappa shape index (κ2) is 8.40. The highest BCUT2D eigenvalue weighted by molar-refractivity contribution is 6.31. The quantitative estimate of drug-likeness (QED) is 0.502. The number of benzene rings is 2. The van der Waals surface area contributed by atoms with Gasteiger partial charge in [-0.2, -0.15) is 0 Å². The van der Waals surface area contributed by atoms with Crippen LogP contribution in [-0.4, -0.2) is 37.9 Å². The molecule has 0 radical (unpaired) electrons. The second-order valence-electron chi connectivity index (χ2n) is 8.30. The van der Waals surface area contributed by atoms with Crippen LogP contribution in [0.25, 0.3) is 10.9 Å². The average Bonchev–Trinajstić information content (AvgIpc) is 3.28. The molecule has 8 heteroatoms. The van der Waals surface area contributed by atoms with E-state index in [1.165, 1.54) is 0 Å². The molecule has 176 valence electrons. The standard InChI is InChI=1S/C26H25ClN2O5/c1-5-34-26(31)21-14(2)28-10-11-29-18-13-16(27)7-8-17(18)24(30)23(25(28)29)22(21)15-6-9-19(32-3)20(12-15)33-4/h6-9,12-13,22H,5,10-11H2,1-4H3. The Morgan fingerprint density at radius 2 is 1.85 bits per heavy atom. The first-order valence-electron chi connectivity index (χ1n) is 11.1. The summed E-state index contributed by atoms with van der Waals surface area (Å²) in [5.41, 5.74) is 3.20. The number of methoxy groups -OCH3 is 2. The minimum Gasteiger partial charge on any atom is -0.493 e. The van der Waals surface area contributed by atoms with Crippen LogP contribution in [-0.2, 0) is 16.1 Å². The molecular formula is C26H25ClN2O5. The van der Waals surface area contributed by atoms with Gasteiger partial charge in [0.25, 0.3) is 0 Å². The Morgan fingerprint density at radius 1 is 1.09 bits per heavy atom. The Kier molecular flexibility index (Phi) is 5.52. The van der Waals surface area contributed by atoms with Gasteiger partial charge in [0.2, 0.25) is 0 Å². The lowest BCUT2D eigenvalue weighted by Crippen LogP contribution is -2.35. The van der Waals surface area contributed by atoms with Crippen molar-refractivity contribution in [2.45, 2.75) is 26.3 Å². The summed E-state index contributed by atoms with van der Waals surface area (Å²) in [7, 11) is 3.13. The number of carbonyl (C=O) groups is 1. The van der Waals surface area contributed by atoms with Crippen molar-refractivity contribution in [2.75, 3.05) is 32.3 Å². The Labute approximate surface area is 202 Å². The van der Waals surface area contributed by atoms with Gasteiger partial charge in [-0.15, -0.1) is 0 Å². The van der Waals surface area contributed by atoms with E-state index in [2.05, 4.69) is 4.57 Å². The number of hydrogen-bond acceptors (Lipinski definition) is 6. The number of fused-ring (bicyclic) bond motifs is 2. The van der Waals surface area contributed by atoms with Gasteiger partial charge in [0.05, 0.1) is 43.4 Å². The lowest BCUT2D eigenvalue weighted by Gasteiger charge is -2.35. The molecule has 1 aromatic heterocycles. The Balaban J connectivity index is 1.87. The Bertz CT molecular complexity index is 1420. The van der Waals surface area contributed by atoms with E-state index in [9.17, 15) is 9.59 Å². The summed E-state index contributed by atoms with van der Waals surface area (Å²) in [5.74, 6) is 0.830. The third-order valence-electron chi connectivity index (χ3n) is 6.65. The SMILES string of the molecule is CCOC(=O)C1=C(C)N2CCn3c2c(c(=O)c2ccc(Cl)cc23)C1c1ccc(OC)c(OC)c1. The molecule has 1 unspecified atom stereocenters. The van der Waals surface area contributed by atoms with Crippen molar-refractivity contribution < 1.29 is 19.0 Å². The van der Waals surface area contributed by atoms with E-state index in [-0.39, 0.29) is 12.0 Å². The molecule has 0 saturated heterocycles. The highest BCUT2D eigenvalue weighted by atomic mass is 35.5. The summed E-state index contributed by atoms with van der Waals surface area (Å²) in [5, 5.41) is 1.14. The molecule has 1 atom stereocenters. The zero-order valence-corrected chi connectivity index (χ0v) is 20.2. The number of ether oxygens (including phenoxy) is 3. The van der Waals surface area contributed by atoms with Crippen LogP contribution in [0.5, 0.6) is 11.5 Å². The topological polar surface area (TPSA) is 70.0 Å². The van der Waals surface area contributed by atoms with Crippen LogP contribution in [0.4, 0.5) is 5.82 Å². The van der Waals surface area contributed by atoms with Gasteiger partial charge < -0.3 is 23.7 Å². The lowest BCUT2D eigenvalue weighted by atomic mass is 9.80. The second-order valence-corrected chi connectivity index (χ2v) is 8.73. The molecule has 0 amide bonds. The molecule has 0 saturated carbocycles. The van der Waals surface area contributed by atoms with Crippen LogP contribution >= 0.6 is 11.6 Å². The van der Waals surface area contributed by atoms with Gasteiger partial charge in [-0.05, 0) is 49.7 Å². The number of nitrogens with zero attached hydrogens (tertiary/aromatic N) is 2. The summed E-state index contributed by atoms with van der Waals surface area (Å²) >= 11 is 6.29. The predicted octanol–water partition coefficient (Wildman–Crippen LogP) is 4.47. The highest BCUT2D eigenvalue weighted by Crippen LogP contribution is 2.47. The number of carbonyl (C=O) groups excluding carboxylic acids is 1. The van der Waals surface area contributed by atoms with Gasteiger partial charge >= 0.3 is 5.97 Å². The van der Waals surface area contributed by atoms with E-state index in [0.29, 0.717) is 46.1 Å². The van der Waals surface area contributed by atoms with Crippen LogP contribution in [0.3, 0.4) is 0 Å². The van der Waals surface area contributed by atoms with E-state index in [1.54, 1.807) is 39.3 Å². The predicted molar refractivity (Wildman–Crippen MR) is 131 cm³/mol. The first-order chi connectivity index (χ1) is 16.4. The average molecular weight is 481 g/mol. The van der Waals surface area contributed by atoms with Crippen LogP contribution < -0.4 is 19.8 Å². The van der Waals surface area contributed by atoms with Crippen LogP contribution in [0.1, 0.15) is 30.9 Å². The Morgan fingerprint density at radius 3 is 2.56 bits per heavy atom. The van der Waals surface area contributed by atoms with Gasteiger partial charge in [0.15, 0.2) is 16.9 Å². The number of anilines is 1. The molecular weight excluding hydrogens is 456 g/mol. The summed E-state index contributed by atoms with van der Waals surface area (Å²) in [6, 6.07) is 10.8. The summed E-state index contributed by atoms with van der Waals surface area (Å²) in [4.78, 5) is 29.3. The van der Waals surface area contributed by atoms with Crippen LogP contribution in [0.15, 0.2) is 52.5 Å². The maximum Gasteiger partial charge on any atom is 0.336 e. The van der Waals surface area contributed by atoms with Gasteiger partial charge in [-0.25, -0.2) is 4.79 Å². The minimum absolute atomic E-state index is 0.126. The molecule has 0 bridgehead atoms. The number of aromatic nitrogens is 1. The first-order valence-corrected chi connectivity index (χ1v) is 11.5. The minimum atomic E-state index is -0.623. The van der Waals surface area contributed by atoms with Gasteiger partial charge in [-0.3, -0.25) is 4.79 Å². The zero-order chi connectivity index (χ0) is 24.1. The largest absolute Gasteiger partial charge is 0.493 e. The normalized spacial score (nSPS) is 16.6. The molecule has 3 aromatic rings. The fourth-order valence-electron chi connectivity index (χ4n) is 5.18. The maximum atomic E-state index is 14.0. The molecule has 2 aliphatic rings. The smallest absolute Gasteiger partial charge is 0.336 e. The van der Waals surface area contributed by atoms with E-state index < -0.39 is 11.9 Å². The molecule has 0 N–H and O–H groups in total. The van der Waals surface area contributed by atoms with Crippen molar-refractivity contribution in [1.29, 1.82) is 0 Å². The van der Waals surface area contributed by atoms with Crippen molar-refractivity contribution in [3.05, 3.63) is 74.0 Å². The van der Waals surface area contributed by atoms with E-state index in [1.807, 2.05) is 30.0 Å². The monoisotopic (exact) mass is 480 g/mol. The van der Waals surface area contributed by atoms with Crippen LogP contribution in [0.2, 0.25) is 5.02 Å². The van der Waals surface area contributed by atoms with Crippen LogP contribution in [0, 0.1) is 0 Å².